The number of nitrogens with one attached hydrogen (secondary N) is 1. The van der Waals surface area contributed by atoms with Crippen LogP contribution in [-0.4, -0.2) is 7.05 Å². The average molecular weight is 360 g/mol. The number of nitrogens with two attached hydrogens (primary N) is 1. The molecule has 6 rings (SSSR count). The van der Waals surface area contributed by atoms with Gasteiger partial charge in [-0.15, -0.1) is 0 Å². The van der Waals surface area contributed by atoms with Crippen molar-refractivity contribution in [1.29, 1.82) is 0 Å². The Hall–Kier alpha value is -3.52. The van der Waals surface area contributed by atoms with E-state index in [9.17, 15) is 0 Å². The van der Waals surface area contributed by atoms with Crippen molar-refractivity contribution >= 4 is 11.4 Å². The molecule has 0 aliphatic heterocycles. The molecule has 0 atom stereocenters. The lowest BCUT2D eigenvalue weighted by Gasteiger charge is -2.30. The van der Waals surface area contributed by atoms with Crippen molar-refractivity contribution in [1.82, 2.24) is 0 Å². The van der Waals surface area contributed by atoms with E-state index in [0.29, 0.717) is 0 Å². The van der Waals surface area contributed by atoms with E-state index in [2.05, 4.69) is 84.2 Å². The van der Waals surface area contributed by atoms with Crippen LogP contribution in [0.1, 0.15) is 22.3 Å². The van der Waals surface area contributed by atoms with Crippen LogP contribution in [0.15, 0.2) is 84.9 Å². The van der Waals surface area contributed by atoms with Gasteiger partial charge in [0.15, 0.2) is 0 Å². The molecule has 4 aromatic rings. The van der Waals surface area contributed by atoms with Crippen molar-refractivity contribution in [2.45, 2.75) is 5.41 Å². The van der Waals surface area contributed by atoms with E-state index in [4.69, 9.17) is 5.73 Å². The molecule has 3 N–H and O–H groups in total. The summed E-state index contributed by atoms with van der Waals surface area (Å²) in [5.41, 5.74) is 18.4. The highest BCUT2D eigenvalue weighted by molar-refractivity contribution is 5.96. The van der Waals surface area contributed by atoms with Crippen molar-refractivity contribution < 1.29 is 0 Å². The molecule has 2 aliphatic rings. The second-order valence-corrected chi connectivity index (χ2v) is 7.66. The van der Waals surface area contributed by atoms with Crippen LogP contribution < -0.4 is 11.1 Å². The van der Waals surface area contributed by atoms with Gasteiger partial charge < -0.3 is 11.1 Å². The normalized spacial score (nSPS) is 14.3. The maximum Gasteiger partial charge on any atom is 0.0727 e. The zero-order valence-corrected chi connectivity index (χ0v) is 15.7. The van der Waals surface area contributed by atoms with Gasteiger partial charge in [-0.05, 0) is 68.8 Å². The highest BCUT2D eigenvalue weighted by Crippen LogP contribution is 2.63. The third kappa shape index (κ3) is 1.68. The molecule has 0 unspecified atom stereocenters. The molecule has 2 heteroatoms. The van der Waals surface area contributed by atoms with E-state index in [1.807, 2.05) is 13.1 Å². The summed E-state index contributed by atoms with van der Waals surface area (Å²) in [5.74, 6) is 0. The Labute approximate surface area is 164 Å². The lowest BCUT2D eigenvalue weighted by Crippen LogP contribution is -2.26. The third-order valence-electron chi connectivity index (χ3n) is 6.40. The fraction of sp³-hybridized carbons (Fsp3) is 0.0769. The van der Waals surface area contributed by atoms with E-state index < -0.39 is 0 Å². The first kappa shape index (κ1) is 15.5. The minimum absolute atomic E-state index is 0.319. The molecule has 134 valence electrons. The molecule has 2 nitrogen and oxygen atoms in total. The number of rotatable bonds is 1. The third-order valence-corrected chi connectivity index (χ3v) is 6.40. The van der Waals surface area contributed by atoms with Crippen LogP contribution >= 0.6 is 0 Å². The molecule has 0 heterocycles. The Kier molecular flexibility index (Phi) is 2.92. The summed E-state index contributed by atoms with van der Waals surface area (Å²) in [6.45, 7) is 0. The predicted molar refractivity (Wildman–Crippen MR) is 117 cm³/mol. The van der Waals surface area contributed by atoms with Crippen LogP contribution in [0.2, 0.25) is 0 Å². The van der Waals surface area contributed by atoms with Gasteiger partial charge in [-0.1, -0.05) is 60.7 Å². The monoisotopic (exact) mass is 360 g/mol. The second-order valence-electron chi connectivity index (χ2n) is 7.66. The van der Waals surface area contributed by atoms with Crippen LogP contribution in [0.5, 0.6) is 0 Å². The summed E-state index contributed by atoms with van der Waals surface area (Å²) in [4.78, 5) is 0. The number of nitrogen functional groups attached to an aromatic ring is 1. The van der Waals surface area contributed by atoms with Gasteiger partial charge in [0.2, 0.25) is 0 Å². The van der Waals surface area contributed by atoms with Crippen molar-refractivity contribution in [3.05, 3.63) is 107 Å². The molecular formula is C26H20N2. The second kappa shape index (κ2) is 5.26. The maximum atomic E-state index is 6.30. The number of benzene rings is 4. The quantitative estimate of drug-likeness (QED) is 0.372. The van der Waals surface area contributed by atoms with Crippen LogP contribution in [-0.2, 0) is 5.41 Å². The Morgan fingerprint density at radius 3 is 1.79 bits per heavy atom. The topological polar surface area (TPSA) is 38.0 Å². The summed E-state index contributed by atoms with van der Waals surface area (Å²) in [6, 6.07) is 30.7. The Balaban J connectivity index is 1.85. The van der Waals surface area contributed by atoms with Gasteiger partial charge in [-0.25, -0.2) is 0 Å². The number of hydrogen-bond acceptors (Lipinski definition) is 2. The lowest BCUT2D eigenvalue weighted by atomic mass is 9.70. The molecule has 0 aromatic heterocycles. The van der Waals surface area contributed by atoms with Gasteiger partial charge in [-0.3, -0.25) is 0 Å². The van der Waals surface area contributed by atoms with E-state index in [1.54, 1.807) is 0 Å². The van der Waals surface area contributed by atoms with Crippen LogP contribution in [0.25, 0.3) is 22.3 Å². The van der Waals surface area contributed by atoms with Crippen molar-refractivity contribution in [3.8, 4) is 22.3 Å². The average Bonchev–Trinajstić information content (AvgIpc) is 3.20. The fourth-order valence-corrected chi connectivity index (χ4v) is 5.31. The minimum atomic E-state index is -0.319. The summed E-state index contributed by atoms with van der Waals surface area (Å²) in [5, 5.41) is 3.32. The molecule has 1 spiro atoms. The zero-order valence-electron chi connectivity index (χ0n) is 15.7. The zero-order chi connectivity index (χ0) is 18.9. The van der Waals surface area contributed by atoms with Gasteiger partial charge in [0, 0.05) is 18.4 Å². The Morgan fingerprint density at radius 2 is 1.14 bits per heavy atom. The SMILES string of the molecule is CNc1ccc2c(c1)C1(c3ccccc3-c3ccccc31)c1cc(N)ccc1-2. The Morgan fingerprint density at radius 1 is 0.607 bits per heavy atom. The van der Waals surface area contributed by atoms with E-state index in [1.165, 1.54) is 44.5 Å². The van der Waals surface area contributed by atoms with Gasteiger partial charge >= 0.3 is 0 Å². The molecule has 0 saturated heterocycles. The first-order chi connectivity index (χ1) is 13.7. The number of fused-ring (bicyclic) bond motifs is 10. The predicted octanol–water partition coefficient (Wildman–Crippen LogP) is 5.65. The molecule has 28 heavy (non-hydrogen) atoms. The van der Waals surface area contributed by atoms with E-state index >= 15 is 0 Å². The van der Waals surface area contributed by atoms with Crippen LogP contribution in [0.3, 0.4) is 0 Å². The fourth-order valence-electron chi connectivity index (χ4n) is 5.31. The highest BCUT2D eigenvalue weighted by Gasteiger charge is 2.51. The van der Waals surface area contributed by atoms with E-state index in [-0.39, 0.29) is 5.41 Å². The number of hydrogen-bond donors (Lipinski definition) is 2. The first-order valence-corrected chi connectivity index (χ1v) is 9.67. The van der Waals surface area contributed by atoms with Gasteiger partial charge in [0.05, 0.1) is 5.41 Å². The van der Waals surface area contributed by atoms with Gasteiger partial charge in [-0.2, -0.15) is 0 Å². The summed E-state index contributed by atoms with van der Waals surface area (Å²) in [7, 11) is 1.98. The largest absolute Gasteiger partial charge is 0.399 e. The lowest BCUT2D eigenvalue weighted by molar-refractivity contribution is 0.794. The number of anilines is 2. The molecule has 4 aromatic carbocycles. The molecule has 0 saturated carbocycles. The first-order valence-electron chi connectivity index (χ1n) is 9.67. The molecule has 0 fully saturated rings. The highest BCUT2D eigenvalue weighted by atomic mass is 14.8. The minimum Gasteiger partial charge on any atom is -0.399 e. The van der Waals surface area contributed by atoms with Crippen LogP contribution in [0.4, 0.5) is 11.4 Å². The Bertz CT molecular complexity index is 1220. The molecule has 0 amide bonds. The summed E-state index contributed by atoms with van der Waals surface area (Å²) in [6.07, 6.45) is 0. The van der Waals surface area contributed by atoms with Crippen LogP contribution in [0, 0.1) is 0 Å². The van der Waals surface area contributed by atoms with Crippen molar-refractivity contribution in [3.63, 3.8) is 0 Å². The molecule has 2 aliphatic carbocycles. The molecular weight excluding hydrogens is 340 g/mol. The molecule has 0 bridgehead atoms. The maximum absolute atomic E-state index is 6.30. The smallest absolute Gasteiger partial charge is 0.0727 e. The summed E-state index contributed by atoms with van der Waals surface area (Å²) < 4.78 is 0. The van der Waals surface area contributed by atoms with Gasteiger partial charge in [0.25, 0.3) is 0 Å². The standard InChI is InChI=1S/C26H20N2/c1-28-17-11-13-21-20-12-10-16(27)14-24(20)26(25(21)15-17)22-8-4-2-6-18(22)19-7-3-5-9-23(19)26/h2-15,28H,27H2,1H3. The summed E-state index contributed by atoms with van der Waals surface area (Å²) >= 11 is 0. The molecule has 0 radical (unpaired) electrons. The van der Waals surface area contributed by atoms with Crippen molar-refractivity contribution in [2.75, 3.05) is 18.1 Å². The van der Waals surface area contributed by atoms with E-state index in [0.717, 1.165) is 11.4 Å². The van der Waals surface area contributed by atoms with Gasteiger partial charge in [0.1, 0.15) is 0 Å². The van der Waals surface area contributed by atoms with Crippen molar-refractivity contribution in [2.24, 2.45) is 0 Å².